The Bertz CT molecular complexity index is 587. The zero-order valence-electron chi connectivity index (χ0n) is 10.7. The van der Waals surface area contributed by atoms with Crippen LogP contribution in [0.15, 0.2) is 30.3 Å². The fourth-order valence-corrected chi connectivity index (χ4v) is 2.87. The third-order valence-corrected chi connectivity index (χ3v) is 3.95. The molecule has 2 heterocycles. The molecule has 1 N–H and O–H groups in total. The molecule has 1 saturated heterocycles. The summed E-state index contributed by atoms with van der Waals surface area (Å²) < 4.78 is 0. The monoisotopic (exact) mass is 276 g/mol. The Balaban J connectivity index is 1.85. The molecule has 1 atom stereocenters. The second-order valence-corrected chi connectivity index (χ2v) is 5.52. The summed E-state index contributed by atoms with van der Waals surface area (Å²) in [5, 5.41) is 11.4. The number of fused-ring (bicyclic) bond motifs is 1. The van der Waals surface area contributed by atoms with Gasteiger partial charge in [0.1, 0.15) is 5.15 Å². The second-order valence-electron chi connectivity index (χ2n) is 5.16. The Kier molecular flexibility index (Phi) is 3.69. The van der Waals surface area contributed by atoms with Gasteiger partial charge in [0.05, 0.1) is 11.6 Å². The van der Waals surface area contributed by atoms with E-state index in [2.05, 4.69) is 16.0 Å². The third kappa shape index (κ3) is 2.89. The fraction of sp³-hybridized carbons (Fsp3) is 0.400. The zero-order chi connectivity index (χ0) is 13.2. The molecule has 100 valence electrons. The number of hydrogen-bond acceptors (Lipinski definition) is 3. The van der Waals surface area contributed by atoms with Crippen molar-refractivity contribution in [3.8, 4) is 0 Å². The highest BCUT2D eigenvalue weighted by molar-refractivity contribution is 6.30. The van der Waals surface area contributed by atoms with Crippen LogP contribution in [0.5, 0.6) is 0 Å². The topological polar surface area (TPSA) is 36.4 Å². The minimum absolute atomic E-state index is 0.207. The number of aliphatic hydroxyl groups excluding tert-OH is 1. The molecule has 2 aromatic rings. The van der Waals surface area contributed by atoms with Crippen molar-refractivity contribution in [3.63, 3.8) is 0 Å². The minimum atomic E-state index is -0.207. The summed E-state index contributed by atoms with van der Waals surface area (Å²) in [7, 11) is 0. The summed E-state index contributed by atoms with van der Waals surface area (Å²) in [5.41, 5.74) is 1.96. The number of hydrogen-bond donors (Lipinski definition) is 1. The lowest BCUT2D eigenvalue weighted by Gasteiger charge is -2.30. The van der Waals surface area contributed by atoms with Crippen LogP contribution in [-0.2, 0) is 6.54 Å². The Morgan fingerprint density at radius 1 is 1.37 bits per heavy atom. The molecule has 0 saturated carbocycles. The number of β-amino-alcohol motifs (C(OH)–C–C–N with tert-alkyl or cyclic N) is 1. The van der Waals surface area contributed by atoms with Crippen LogP contribution in [0, 0.1) is 0 Å². The van der Waals surface area contributed by atoms with Crippen LogP contribution in [0.2, 0.25) is 5.15 Å². The molecular formula is C15H17ClN2O. The summed E-state index contributed by atoms with van der Waals surface area (Å²) in [5.74, 6) is 0. The SMILES string of the molecule is OC1CCCN(Cc2cc3ccccc3nc2Cl)C1. The molecule has 1 aliphatic heterocycles. The highest BCUT2D eigenvalue weighted by Gasteiger charge is 2.18. The van der Waals surface area contributed by atoms with Crippen LogP contribution < -0.4 is 0 Å². The maximum absolute atomic E-state index is 9.71. The molecule has 0 spiro atoms. The minimum Gasteiger partial charge on any atom is -0.392 e. The Morgan fingerprint density at radius 3 is 3.05 bits per heavy atom. The predicted molar refractivity (Wildman–Crippen MR) is 77.3 cm³/mol. The molecule has 3 rings (SSSR count). The number of aromatic nitrogens is 1. The van der Waals surface area contributed by atoms with E-state index in [0.29, 0.717) is 5.15 Å². The number of aliphatic hydroxyl groups is 1. The number of nitrogens with zero attached hydrogens (tertiary/aromatic N) is 2. The molecule has 1 fully saturated rings. The molecule has 0 amide bonds. The number of pyridine rings is 1. The van der Waals surface area contributed by atoms with Crippen LogP contribution in [0.1, 0.15) is 18.4 Å². The average molecular weight is 277 g/mol. The van der Waals surface area contributed by atoms with Crippen LogP contribution in [0.4, 0.5) is 0 Å². The van der Waals surface area contributed by atoms with Gasteiger partial charge < -0.3 is 5.11 Å². The third-order valence-electron chi connectivity index (χ3n) is 3.62. The van der Waals surface area contributed by atoms with Gasteiger partial charge in [-0.25, -0.2) is 4.98 Å². The van der Waals surface area contributed by atoms with Gasteiger partial charge >= 0.3 is 0 Å². The van der Waals surface area contributed by atoms with Crippen molar-refractivity contribution in [1.29, 1.82) is 0 Å². The van der Waals surface area contributed by atoms with E-state index in [0.717, 1.165) is 48.9 Å². The van der Waals surface area contributed by atoms with E-state index in [4.69, 9.17) is 11.6 Å². The second kappa shape index (κ2) is 5.45. The van der Waals surface area contributed by atoms with E-state index < -0.39 is 0 Å². The van der Waals surface area contributed by atoms with Crippen LogP contribution >= 0.6 is 11.6 Å². The van der Waals surface area contributed by atoms with E-state index in [1.54, 1.807) is 0 Å². The first kappa shape index (κ1) is 12.9. The van der Waals surface area contributed by atoms with Gasteiger partial charge in [-0.1, -0.05) is 29.8 Å². The van der Waals surface area contributed by atoms with Gasteiger partial charge in [-0.05, 0) is 31.5 Å². The van der Waals surface area contributed by atoms with Crippen LogP contribution in [0.3, 0.4) is 0 Å². The first-order chi connectivity index (χ1) is 9.22. The molecule has 0 radical (unpaired) electrons. The molecule has 1 unspecified atom stereocenters. The van der Waals surface area contributed by atoms with Crippen molar-refractivity contribution >= 4 is 22.5 Å². The van der Waals surface area contributed by atoms with Gasteiger partial charge in [0, 0.05) is 24.0 Å². The number of halogens is 1. The molecule has 0 bridgehead atoms. The summed E-state index contributed by atoms with van der Waals surface area (Å²) in [6.07, 6.45) is 1.74. The van der Waals surface area contributed by atoms with E-state index in [1.165, 1.54) is 0 Å². The number of benzene rings is 1. The summed E-state index contributed by atoms with van der Waals surface area (Å²) >= 11 is 6.26. The molecular weight excluding hydrogens is 260 g/mol. The van der Waals surface area contributed by atoms with Crippen molar-refractivity contribution in [2.45, 2.75) is 25.5 Å². The Morgan fingerprint density at radius 2 is 2.21 bits per heavy atom. The molecule has 1 aromatic heterocycles. The highest BCUT2D eigenvalue weighted by Crippen LogP contribution is 2.23. The molecule has 3 nitrogen and oxygen atoms in total. The van der Waals surface area contributed by atoms with Crippen molar-refractivity contribution < 1.29 is 5.11 Å². The zero-order valence-corrected chi connectivity index (χ0v) is 11.5. The molecule has 1 aromatic carbocycles. The average Bonchev–Trinajstić information content (AvgIpc) is 2.40. The normalized spacial score (nSPS) is 20.8. The summed E-state index contributed by atoms with van der Waals surface area (Å²) in [6, 6.07) is 10.1. The first-order valence-corrected chi connectivity index (χ1v) is 7.05. The van der Waals surface area contributed by atoms with Gasteiger partial charge in [0.15, 0.2) is 0 Å². The predicted octanol–water partition coefficient (Wildman–Crippen LogP) is 2.84. The highest BCUT2D eigenvalue weighted by atomic mass is 35.5. The van der Waals surface area contributed by atoms with Crippen LogP contribution in [0.25, 0.3) is 10.9 Å². The first-order valence-electron chi connectivity index (χ1n) is 6.67. The lowest BCUT2D eigenvalue weighted by atomic mass is 10.1. The van der Waals surface area contributed by atoms with Crippen molar-refractivity contribution in [1.82, 2.24) is 9.88 Å². The van der Waals surface area contributed by atoms with Gasteiger partial charge in [-0.3, -0.25) is 4.90 Å². The molecule has 0 aliphatic carbocycles. The van der Waals surface area contributed by atoms with Gasteiger partial charge in [-0.15, -0.1) is 0 Å². The largest absolute Gasteiger partial charge is 0.392 e. The summed E-state index contributed by atoms with van der Waals surface area (Å²) in [4.78, 5) is 6.68. The van der Waals surface area contributed by atoms with Crippen LogP contribution in [-0.4, -0.2) is 34.2 Å². The van der Waals surface area contributed by atoms with Gasteiger partial charge in [0.2, 0.25) is 0 Å². The molecule has 1 aliphatic rings. The number of likely N-dealkylation sites (tertiary alicyclic amines) is 1. The maximum Gasteiger partial charge on any atom is 0.134 e. The maximum atomic E-state index is 9.71. The number of rotatable bonds is 2. The standard InChI is InChI=1S/C15H17ClN2O/c16-15-12(9-18-7-3-5-13(19)10-18)8-11-4-1-2-6-14(11)17-15/h1-2,4,6,8,13,19H,3,5,7,9-10H2. The van der Waals surface area contributed by atoms with Crippen molar-refractivity contribution in [3.05, 3.63) is 41.0 Å². The van der Waals surface area contributed by atoms with Gasteiger partial charge in [-0.2, -0.15) is 0 Å². The van der Waals surface area contributed by atoms with E-state index >= 15 is 0 Å². The van der Waals surface area contributed by atoms with E-state index in [9.17, 15) is 5.11 Å². The lowest BCUT2D eigenvalue weighted by Crippen LogP contribution is -2.37. The Hall–Kier alpha value is -1.16. The lowest BCUT2D eigenvalue weighted by molar-refractivity contribution is 0.0668. The van der Waals surface area contributed by atoms with Crippen molar-refractivity contribution in [2.24, 2.45) is 0 Å². The van der Waals surface area contributed by atoms with E-state index in [-0.39, 0.29) is 6.10 Å². The number of para-hydroxylation sites is 1. The van der Waals surface area contributed by atoms with Gasteiger partial charge in [0.25, 0.3) is 0 Å². The molecule has 19 heavy (non-hydrogen) atoms. The molecule has 4 heteroatoms. The fourth-order valence-electron chi connectivity index (χ4n) is 2.66. The Labute approximate surface area is 117 Å². The number of piperidine rings is 1. The van der Waals surface area contributed by atoms with Crippen molar-refractivity contribution in [2.75, 3.05) is 13.1 Å². The van der Waals surface area contributed by atoms with E-state index in [1.807, 2.05) is 24.3 Å². The quantitative estimate of drug-likeness (QED) is 0.857. The smallest absolute Gasteiger partial charge is 0.134 e. The summed E-state index contributed by atoms with van der Waals surface area (Å²) in [6.45, 7) is 2.50.